The first-order valence-corrected chi connectivity index (χ1v) is 12.3. The molecular formula is C23H25ClFN7OS. The van der Waals surface area contributed by atoms with E-state index in [0.717, 1.165) is 18.4 Å². The minimum atomic E-state index is -0.448. The Labute approximate surface area is 205 Å². The van der Waals surface area contributed by atoms with Crippen LogP contribution in [-0.2, 0) is 4.74 Å². The van der Waals surface area contributed by atoms with E-state index in [1.165, 1.54) is 17.4 Å². The number of hydrogen-bond donors (Lipinski definition) is 2. The molecular weight excluding hydrogens is 477 g/mol. The van der Waals surface area contributed by atoms with Gasteiger partial charge in [0.15, 0.2) is 10.8 Å². The van der Waals surface area contributed by atoms with Crippen LogP contribution in [0, 0.1) is 5.82 Å². The molecule has 2 aromatic heterocycles. The van der Waals surface area contributed by atoms with Gasteiger partial charge in [-0.3, -0.25) is 4.99 Å². The number of rotatable bonds is 6. The molecule has 5 rings (SSSR count). The zero-order valence-corrected chi connectivity index (χ0v) is 20.4. The van der Waals surface area contributed by atoms with Crippen LogP contribution in [0.3, 0.4) is 0 Å². The van der Waals surface area contributed by atoms with Gasteiger partial charge in [0.1, 0.15) is 16.6 Å². The van der Waals surface area contributed by atoms with Crippen molar-refractivity contribution < 1.29 is 9.13 Å². The lowest BCUT2D eigenvalue weighted by Gasteiger charge is -2.37. The van der Waals surface area contributed by atoms with E-state index in [2.05, 4.69) is 15.3 Å². The van der Waals surface area contributed by atoms with Gasteiger partial charge in [0.25, 0.3) is 0 Å². The first-order valence-electron chi connectivity index (χ1n) is 11.1. The number of aliphatic imine (C=N–C) groups is 1. The predicted octanol–water partition coefficient (Wildman–Crippen LogP) is 4.26. The van der Waals surface area contributed by atoms with Crippen molar-refractivity contribution in [3.05, 3.63) is 40.8 Å². The molecule has 1 aliphatic heterocycles. The number of fused-ring (bicyclic) bond motifs is 1. The molecule has 1 saturated carbocycles. The molecule has 34 heavy (non-hydrogen) atoms. The molecule has 0 radical (unpaired) electrons. The number of anilines is 2. The molecule has 3 heterocycles. The second kappa shape index (κ2) is 9.44. The highest BCUT2D eigenvalue weighted by molar-refractivity contribution is 7.22. The van der Waals surface area contributed by atoms with Crippen molar-refractivity contribution >= 4 is 50.6 Å². The van der Waals surface area contributed by atoms with Gasteiger partial charge in [-0.2, -0.15) is 9.97 Å². The third kappa shape index (κ3) is 4.70. The van der Waals surface area contributed by atoms with Gasteiger partial charge in [-0.05, 0) is 38.0 Å². The van der Waals surface area contributed by atoms with Crippen molar-refractivity contribution in [2.45, 2.75) is 38.0 Å². The number of nitrogens with one attached hydrogen (secondary N) is 1. The summed E-state index contributed by atoms with van der Waals surface area (Å²) in [4.78, 5) is 20.7. The number of nitrogens with two attached hydrogens (primary N) is 1. The maximum atomic E-state index is 14.9. The number of benzene rings is 1. The van der Waals surface area contributed by atoms with Crippen LogP contribution in [0.2, 0.25) is 5.02 Å². The maximum absolute atomic E-state index is 14.9. The van der Waals surface area contributed by atoms with Crippen LogP contribution in [-0.4, -0.2) is 59.6 Å². The van der Waals surface area contributed by atoms with E-state index in [4.69, 9.17) is 32.0 Å². The summed E-state index contributed by atoms with van der Waals surface area (Å²) in [6.07, 6.45) is 5.21. The molecule has 3 aromatic rings. The average Bonchev–Trinajstić information content (AvgIpc) is 3.54. The smallest absolute Gasteiger partial charge is 0.228 e. The fourth-order valence-electron chi connectivity index (χ4n) is 3.87. The molecule has 3 N–H and O–H groups in total. The minimum absolute atomic E-state index is 0.0960. The van der Waals surface area contributed by atoms with Crippen LogP contribution < -0.4 is 16.0 Å². The molecule has 178 valence electrons. The Morgan fingerprint density at radius 1 is 1.32 bits per heavy atom. The first kappa shape index (κ1) is 22.9. The molecule has 1 aromatic carbocycles. The third-order valence-corrected chi connectivity index (χ3v) is 7.03. The topological polar surface area (TPSA) is 102 Å². The molecule has 2 aliphatic rings. The van der Waals surface area contributed by atoms with Crippen molar-refractivity contribution in [2.24, 2.45) is 10.7 Å². The molecule has 2 fully saturated rings. The Hall–Kier alpha value is -2.82. The minimum Gasteiger partial charge on any atom is -0.404 e. The second-order valence-electron chi connectivity index (χ2n) is 8.43. The number of aromatic nitrogens is 3. The van der Waals surface area contributed by atoms with E-state index >= 15 is 0 Å². The monoisotopic (exact) mass is 501 g/mol. The summed E-state index contributed by atoms with van der Waals surface area (Å²) in [7, 11) is 1.78. The number of hydrogen-bond acceptors (Lipinski definition) is 9. The number of thiazole rings is 1. The molecule has 8 nitrogen and oxygen atoms in total. The predicted molar refractivity (Wildman–Crippen MR) is 135 cm³/mol. The van der Waals surface area contributed by atoms with Gasteiger partial charge in [-0.25, -0.2) is 9.37 Å². The maximum Gasteiger partial charge on any atom is 0.228 e. The lowest BCUT2D eigenvalue weighted by atomic mass is 10.1. The Kier molecular flexibility index (Phi) is 6.37. The van der Waals surface area contributed by atoms with Crippen molar-refractivity contribution in [1.29, 1.82) is 0 Å². The van der Waals surface area contributed by atoms with E-state index in [1.807, 2.05) is 18.0 Å². The number of halogens is 2. The van der Waals surface area contributed by atoms with Gasteiger partial charge in [-0.1, -0.05) is 22.9 Å². The number of ether oxygens (including phenoxy) is 1. The van der Waals surface area contributed by atoms with Crippen LogP contribution in [0.25, 0.3) is 21.6 Å². The zero-order chi connectivity index (χ0) is 23.8. The highest BCUT2D eigenvalue weighted by Gasteiger charge is 2.30. The van der Waals surface area contributed by atoms with Crippen LogP contribution in [0.15, 0.2) is 35.0 Å². The largest absolute Gasteiger partial charge is 0.404 e. The summed E-state index contributed by atoms with van der Waals surface area (Å²) >= 11 is 7.36. The van der Waals surface area contributed by atoms with E-state index in [-0.39, 0.29) is 12.2 Å². The lowest BCUT2D eigenvalue weighted by Crippen LogP contribution is -2.48. The quantitative estimate of drug-likeness (QED) is 0.486. The van der Waals surface area contributed by atoms with Crippen LogP contribution in [0.4, 0.5) is 15.5 Å². The molecule has 1 aliphatic carbocycles. The summed E-state index contributed by atoms with van der Waals surface area (Å²) in [5, 5.41) is 4.04. The second-order valence-corrected chi connectivity index (χ2v) is 9.87. The van der Waals surface area contributed by atoms with Gasteiger partial charge in [0.05, 0.1) is 24.4 Å². The Bertz CT molecular complexity index is 1280. The molecule has 0 spiro atoms. The number of nitrogens with zero attached hydrogens (tertiary/aromatic N) is 5. The van der Waals surface area contributed by atoms with Crippen molar-refractivity contribution in [3.63, 3.8) is 0 Å². The standard InChI is InChI=1S/C23H25ClFN7OS/c1-12-10-32(11-18(33-12)13(8-26)9-28-15-4-5-15)22-29-19(16-6-3-14(24)7-17(16)25)20-21(30-22)31-23(27-2)34-20/h3,6-9,12,15,18H,4-5,10-11,26H2,1-2H3,(H,27,29,30,31). The Morgan fingerprint density at radius 2 is 2.15 bits per heavy atom. The fourth-order valence-corrected chi connectivity index (χ4v) is 4.89. The highest BCUT2D eigenvalue weighted by Crippen LogP contribution is 2.36. The van der Waals surface area contributed by atoms with Crippen molar-refractivity contribution in [1.82, 2.24) is 15.0 Å². The van der Waals surface area contributed by atoms with Gasteiger partial charge in [0.2, 0.25) is 5.95 Å². The summed E-state index contributed by atoms with van der Waals surface area (Å²) in [6, 6.07) is 4.96. The van der Waals surface area contributed by atoms with Crippen LogP contribution in [0.5, 0.6) is 0 Å². The summed E-state index contributed by atoms with van der Waals surface area (Å²) in [6.45, 7) is 3.05. The Balaban J connectivity index is 1.54. The zero-order valence-electron chi connectivity index (χ0n) is 18.8. The fraction of sp³-hybridized carbons (Fsp3) is 0.391. The molecule has 2 unspecified atom stereocenters. The molecule has 0 bridgehead atoms. The normalized spacial score (nSPS) is 21.5. The molecule has 1 saturated heterocycles. The lowest BCUT2D eigenvalue weighted by molar-refractivity contribution is 0.00666. The van der Waals surface area contributed by atoms with Crippen LogP contribution >= 0.6 is 22.9 Å². The van der Waals surface area contributed by atoms with Gasteiger partial charge in [0, 0.05) is 42.2 Å². The third-order valence-electron chi connectivity index (χ3n) is 5.73. The summed E-state index contributed by atoms with van der Waals surface area (Å²) < 4.78 is 21.8. The number of morpholine rings is 1. The van der Waals surface area contributed by atoms with Crippen molar-refractivity contribution in [2.75, 3.05) is 30.4 Å². The van der Waals surface area contributed by atoms with Crippen LogP contribution in [0.1, 0.15) is 19.8 Å². The average molecular weight is 502 g/mol. The summed E-state index contributed by atoms with van der Waals surface area (Å²) in [5.74, 6) is 0.0103. The van der Waals surface area contributed by atoms with Gasteiger partial charge >= 0.3 is 0 Å². The van der Waals surface area contributed by atoms with Crippen molar-refractivity contribution in [3.8, 4) is 11.3 Å². The molecule has 2 atom stereocenters. The highest BCUT2D eigenvalue weighted by atomic mass is 35.5. The van der Waals surface area contributed by atoms with Gasteiger partial charge in [-0.15, -0.1) is 0 Å². The van der Waals surface area contributed by atoms with E-state index in [0.29, 0.717) is 56.8 Å². The molecule has 0 amide bonds. The van der Waals surface area contributed by atoms with E-state index in [9.17, 15) is 4.39 Å². The van der Waals surface area contributed by atoms with Gasteiger partial charge < -0.3 is 20.7 Å². The van der Waals surface area contributed by atoms with E-state index in [1.54, 1.807) is 25.4 Å². The first-order chi connectivity index (χ1) is 16.4. The Morgan fingerprint density at radius 3 is 2.85 bits per heavy atom. The van der Waals surface area contributed by atoms with E-state index < -0.39 is 5.82 Å². The summed E-state index contributed by atoms with van der Waals surface area (Å²) in [5.41, 5.74) is 8.06. The molecule has 11 heteroatoms. The SMILES string of the molecule is CNc1nc2nc(N3CC(C)OC(C(C=NC4CC4)=CN)C3)nc(-c3ccc(Cl)cc3F)c2s1.